The van der Waals surface area contributed by atoms with Crippen molar-refractivity contribution in [2.24, 2.45) is 7.05 Å². The number of rotatable bonds is 3. The number of hydrogen-bond donors (Lipinski definition) is 1. The molecule has 3 heteroatoms. The molecule has 116 valence electrons. The van der Waals surface area contributed by atoms with E-state index in [1.54, 1.807) is 0 Å². The first-order valence-corrected chi connectivity index (χ1v) is 7.66. The molecule has 3 nitrogen and oxygen atoms in total. The highest BCUT2D eigenvalue weighted by Gasteiger charge is 2.15. The standard InChI is InChI=1S/C20H20N2O/c1-14-15(2)22(3)13-18(14)20(23)21-19-12-8-7-11-17(19)16-9-5-4-6-10-16/h4-13H,1-3H3,(H,21,23). The molecule has 0 aliphatic heterocycles. The van der Waals surface area contributed by atoms with Crippen LogP contribution in [0.2, 0.25) is 0 Å². The van der Waals surface area contributed by atoms with Crippen molar-refractivity contribution >= 4 is 11.6 Å². The van der Waals surface area contributed by atoms with Crippen LogP contribution < -0.4 is 5.32 Å². The van der Waals surface area contributed by atoms with Gasteiger partial charge >= 0.3 is 0 Å². The molecular formula is C20H20N2O. The van der Waals surface area contributed by atoms with E-state index < -0.39 is 0 Å². The van der Waals surface area contributed by atoms with E-state index in [-0.39, 0.29) is 5.91 Å². The van der Waals surface area contributed by atoms with Gasteiger partial charge in [0.05, 0.1) is 5.56 Å². The lowest BCUT2D eigenvalue weighted by Crippen LogP contribution is -2.13. The largest absolute Gasteiger partial charge is 0.354 e. The van der Waals surface area contributed by atoms with Gasteiger partial charge in [0.15, 0.2) is 0 Å². The third-order valence-corrected chi connectivity index (χ3v) is 4.30. The number of amides is 1. The molecule has 0 aliphatic rings. The van der Waals surface area contributed by atoms with Crippen LogP contribution >= 0.6 is 0 Å². The first kappa shape index (κ1) is 15.1. The molecule has 1 heterocycles. The van der Waals surface area contributed by atoms with Gasteiger partial charge in [0.25, 0.3) is 5.91 Å². The Morgan fingerprint density at radius 1 is 0.957 bits per heavy atom. The molecule has 0 fully saturated rings. The Morgan fingerprint density at radius 3 is 2.26 bits per heavy atom. The van der Waals surface area contributed by atoms with Gasteiger partial charge in [-0.3, -0.25) is 4.79 Å². The van der Waals surface area contributed by atoms with Gasteiger partial charge in [0.1, 0.15) is 0 Å². The van der Waals surface area contributed by atoms with Crippen LogP contribution in [0.4, 0.5) is 5.69 Å². The maximum Gasteiger partial charge on any atom is 0.257 e. The topological polar surface area (TPSA) is 34.0 Å². The Bertz CT molecular complexity index is 847. The van der Waals surface area contributed by atoms with E-state index in [1.807, 2.05) is 86.3 Å². The van der Waals surface area contributed by atoms with Gasteiger partial charge in [-0.25, -0.2) is 0 Å². The number of nitrogens with zero attached hydrogens (tertiary/aromatic N) is 1. The van der Waals surface area contributed by atoms with E-state index in [4.69, 9.17) is 0 Å². The van der Waals surface area contributed by atoms with Crippen molar-refractivity contribution in [3.05, 3.63) is 77.6 Å². The third kappa shape index (κ3) is 2.90. The van der Waals surface area contributed by atoms with Gasteiger partial charge in [-0.05, 0) is 31.0 Å². The number of para-hydroxylation sites is 1. The fourth-order valence-electron chi connectivity index (χ4n) is 2.73. The summed E-state index contributed by atoms with van der Waals surface area (Å²) in [6.45, 7) is 4.00. The Morgan fingerprint density at radius 2 is 1.61 bits per heavy atom. The monoisotopic (exact) mass is 304 g/mol. The lowest BCUT2D eigenvalue weighted by molar-refractivity contribution is 0.102. The Kier molecular flexibility index (Phi) is 4.02. The number of nitrogens with one attached hydrogen (secondary N) is 1. The van der Waals surface area contributed by atoms with Crippen LogP contribution in [0.3, 0.4) is 0 Å². The van der Waals surface area contributed by atoms with E-state index in [2.05, 4.69) is 5.32 Å². The minimum atomic E-state index is -0.0745. The normalized spacial score (nSPS) is 10.6. The van der Waals surface area contributed by atoms with Gasteiger partial charge in [0.2, 0.25) is 0 Å². The second-order valence-corrected chi connectivity index (χ2v) is 5.73. The minimum Gasteiger partial charge on any atom is -0.354 e. The molecule has 23 heavy (non-hydrogen) atoms. The predicted molar refractivity (Wildman–Crippen MR) is 94.7 cm³/mol. The molecular weight excluding hydrogens is 284 g/mol. The molecule has 0 bridgehead atoms. The van der Waals surface area contributed by atoms with E-state index in [9.17, 15) is 4.79 Å². The zero-order valence-corrected chi connectivity index (χ0v) is 13.6. The summed E-state index contributed by atoms with van der Waals surface area (Å²) in [7, 11) is 1.96. The molecule has 1 N–H and O–H groups in total. The molecule has 0 saturated heterocycles. The van der Waals surface area contributed by atoms with Gasteiger partial charge in [0, 0.05) is 30.2 Å². The SMILES string of the molecule is Cc1c(C(=O)Nc2ccccc2-c2ccccc2)cn(C)c1C. The van der Waals surface area contributed by atoms with E-state index in [0.717, 1.165) is 28.1 Å². The van der Waals surface area contributed by atoms with Gasteiger partial charge in [-0.15, -0.1) is 0 Å². The summed E-state index contributed by atoms with van der Waals surface area (Å²) >= 11 is 0. The number of benzene rings is 2. The van der Waals surface area contributed by atoms with Crippen LogP contribution in [0.25, 0.3) is 11.1 Å². The summed E-state index contributed by atoms with van der Waals surface area (Å²) < 4.78 is 1.98. The Labute approximate surface area is 136 Å². The van der Waals surface area contributed by atoms with Crippen LogP contribution in [0.15, 0.2) is 60.8 Å². The maximum absolute atomic E-state index is 12.7. The number of aromatic nitrogens is 1. The fourth-order valence-corrected chi connectivity index (χ4v) is 2.73. The molecule has 0 atom stereocenters. The number of hydrogen-bond acceptors (Lipinski definition) is 1. The second-order valence-electron chi connectivity index (χ2n) is 5.73. The Balaban J connectivity index is 1.95. The third-order valence-electron chi connectivity index (χ3n) is 4.30. The molecule has 3 aromatic rings. The number of carbonyl (C=O) groups is 1. The van der Waals surface area contributed by atoms with Crippen LogP contribution in [-0.4, -0.2) is 10.5 Å². The predicted octanol–water partition coefficient (Wildman–Crippen LogP) is 4.56. The molecule has 0 aliphatic carbocycles. The Hall–Kier alpha value is -2.81. The maximum atomic E-state index is 12.7. The summed E-state index contributed by atoms with van der Waals surface area (Å²) in [5.74, 6) is -0.0745. The summed E-state index contributed by atoms with van der Waals surface area (Å²) in [5, 5.41) is 3.05. The number of aryl methyl sites for hydroxylation is 1. The van der Waals surface area contributed by atoms with Crippen molar-refractivity contribution in [2.75, 3.05) is 5.32 Å². The second kappa shape index (κ2) is 6.13. The van der Waals surface area contributed by atoms with E-state index in [0.29, 0.717) is 5.56 Å². The first-order valence-electron chi connectivity index (χ1n) is 7.66. The van der Waals surface area contributed by atoms with Crippen LogP contribution in [0, 0.1) is 13.8 Å². The molecule has 0 spiro atoms. The molecule has 1 amide bonds. The van der Waals surface area contributed by atoms with E-state index in [1.165, 1.54) is 0 Å². The van der Waals surface area contributed by atoms with Crippen molar-refractivity contribution < 1.29 is 4.79 Å². The van der Waals surface area contributed by atoms with Gasteiger partial charge in [-0.1, -0.05) is 48.5 Å². The summed E-state index contributed by atoms with van der Waals surface area (Å²) in [4.78, 5) is 12.7. The highest BCUT2D eigenvalue weighted by molar-refractivity contribution is 6.07. The molecule has 3 rings (SSSR count). The van der Waals surface area contributed by atoms with Crippen molar-refractivity contribution in [2.45, 2.75) is 13.8 Å². The zero-order valence-electron chi connectivity index (χ0n) is 13.6. The van der Waals surface area contributed by atoms with E-state index >= 15 is 0 Å². The van der Waals surface area contributed by atoms with Crippen molar-refractivity contribution in [3.63, 3.8) is 0 Å². The van der Waals surface area contributed by atoms with Crippen molar-refractivity contribution in [1.82, 2.24) is 4.57 Å². The van der Waals surface area contributed by atoms with Gasteiger partial charge in [-0.2, -0.15) is 0 Å². The summed E-state index contributed by atoms with van der Waals surface area (Å²) in [6.07, 6.45) is 1.88. The number of anilines is 1. The zero-order chi connectivity index (χ0) is 16.4. The summed E-state index contributed by atoms with van der Waals surface area (Å²) in [5.41, 5.74) is 5.77. The van der Waals surface area contributed by atoms with Crippen LogP contribution in [-0.2, 0) is 7.05 Å². The minimum absolute atomic E-state index is 0.0745. The average molecular weight is 304 g/mol. The van der Waals surface area contributed by atoms with Crippen molar-refractivity contribution in [3.8, 4) is 11.1 Å². The highest BCUT2D eigenvalue weighted by atomic mass is 16.1. The molecule has 0 unspecified atom stereocenters. The first-order chi connectivity index (χ1) is 11.1. The summed E-state index contributed by atoms with van der Waals surface area (Å²) in [6, 6.07) is 17.9. The molecule has 2 aromatic carbocycles. The fraction of sp³-hybridized carbons (Fsp3) is 0.150. The highest BCUT2D eigenvalue weighted by Crippen LogP contribution is 2.28. The smallest absolute Gasteiger partial charge is 0.257 e. The van der Waals surface area contributed by atoms with Crippen LogP contribution in [0.5, 0.6) is 0 Å². The lowest BCUT2D eigenvalue weighted by atomic mass is 10.0. The molecule has 0 saturated carbocycles. The van der Waals surface area contributed by atoms with Crippen molar-refractivity contribution in [1.29, 1.82) is 0 Å². The lowest BCUT2D eigenvalue weighted by Gasteiger charge is -2.11. The molecule has 0 radical (unpaired) electrons. The average Bonchev–Trinajstić information content (AvgIpc) is 2.84. The quantitative estimate of drug-likeness (QED) is 0.756. The van der Waals surface area contributed by atoms with Gasteiger partial charge < -0.3 is 9.88 Å². The molecule has 1 aromatic heterocycles. The van der Waals surface area contributed by atoms with Crippen LogP contribution in [0.1, 0.15) is 21.6 Å². The number of carbonyl (C=O) groups excluding carboxylic acids is 1.